The molecule has 6 nitrogen and oxygen atoms in total. The van der Waals surface area contributed by atoms with Crippen LogP contribution in [0, 0.1) is 27.7 Å². The van der Waals surface area contributed by atoms with Crippen molar-refractivity contribution in [2.45, 2.75) is 227 Å². The second-order valence-corrected chi connectivity index (χ2v) is 20.9. The van der Waals surface area contributed by atoms with E-state index in [0.29, 0.717) is 18.8 Å². The van der Waals surface area contributed by atoms with Gasteiger partial charge >= 0.3 is 5.97 Å². The molecule has 3 N–H and O–H groups in total. The molecule has 0 aromatic heterocycles. The summed E-state index contributed by atoms with van der Waals surface area (Å²) >= 11 is 0. The summed E-state index contributed by atoms with van der Waals surface area (Å²) in [4.78, 5) is 11.4. The molecule has 0 radical (unpaired) electrons. The van der Waals surface area contributed by atoms with Crippen LogP contribution in [0.3, 0.4) is 0 Å². The van der Waals surface area contributed by atoms with Crippen LogP contribution in [0.25, 0.3) is 12.2 Å². The first-order valence-electron chi connectivity index (χ1n) is 27.7. The van der Waals surface area contributed by atoms with Crippen molar-refractivity contribution >= 4 is 18.1 Å². The second-order valence-electron chi connectivity index (χ2n) is 20.9. The van der Waals surface area contributed by atoms with Crippen LogP contribution in [-0.2, 0) is 20.4 Å². The minimum Gasteiger partial charge on any atom is -0.508 e. The molecule has 4 aromatic rings. The summed E-state index contributed by atoms with van der Waals surface area (Å²) < 4.78 is 11.3. The van der Waals surface area contributed by atoms with Gasteiger partial charge in [0.25, 0.3) is 0 Å². The molecule has 71 heavy (non-hydrogen) atoms. The van der Waals surface area contributed by atoms with Crippen molar-refractivity contribution in [1.29, 1.82) is 0 Å². The highest BCUT2D eigenvalue weighted by Crippen LogP contribution is 2.43. The van der Waals surface area contributed by atoms with Gasteiger partial charge in [-0.25, -0.2) is 0 Å². The van der Waals surface area contributed by atoms with Crippen molar-refractivity contribution in [2.75, 3.05) is 6.61 Å². The molecule has 1 heterocycles. The highest BCUT2D eigenvalue weighted by Gasteiger charge is 2.33. The van der Waals surface area contributed by atoms with Crippen molar-refractivity contribution in [2.24, 2.45) is 0 Å². The van der Waals surface area contributed by atoms with Crippen LogP contribution in [0.4, 0.5) is 0 Å². The largest absolute Gasteiger partial charge is 0.508 e. The third-order valence-corrected chi connectivity index (χ3v) is 16.2. The van der Waals surface area contributed by atoms with E-state index < -0.39 is 11.2 Å². The number of unbranched alkanes of at least 4 members (excludes halogenated alkanes) is 6. The Morgan fingerprint density at radius 2 is 0.972 bits per heavy atom. The maximum absolute atomic E-state index is 11.4. The van der Waals surface area contributed by atoms with Crippen molar-refractivity contribution in [1.82, 2.24) is 0 Å². The number of aliphatic hydroxyl groups is 2. The molecule has 6 heteroatoms. The zero-order valence-electron chi connectivity index (χ0n) is 46.3. The topological polar surface area (TPSA) is 96.2 Å². The lowest BCUT2D eigenvalue weighted by molar-refractivity contribution is -0.142. The van der Waals surface area contributed by atoms with Crippen LogP contribution in [0.15, 0.2) is 84.9 Å². The minimum absolute atomic E-state index is 0.0745. The maximum Gasteiger partial charge on any atom is 0.306 e. The lowest BCUT2D eigenvalue weighted by Crippen LogP contribution is -2.26. The van der Waals surface area contributed by atoms with Gasteiger partial charge in [-0.05, 0) is 153 Å². The zero-order valence-corrected chi connectivity index (χ0v) is 46.3. The summed E-state index contributed by atoms with van der Waals surface area (Å²) in [5, 5.41) is 32.1. The number of aromatic hydroxyl groups is 1. The summed E-state index contributed by atoms with van der Waals surface area (Å²) in [7, 11) is 0. The molecule has 1 saturated heterocycles. The molecule has 3 atom stereocenters. The quantitative estimate of drug-likeness (QED) is 0.0407. The smallest absolute Gasteiger partial charge is 0.306 e. The Hall–Kier alpha value is -4.65. The lowest BCUT2D eigenvalue weighted by Gasteiger charge is -2.34. The number of carbonyl (C=O) groups excluding carboxylic acids is 1. The first kappa shape index (κ1) is 58.9. The van der Waals surface area contributed by atoms with Crippen LogP contribution in [-0.4, -0.2) is 45.2 Å². The summed E-state index contributed by atoms with van der Waals surface area (Å²) in [5.74, 6) is 1.06. The third-order valence-electron chi connectivity index (χ3n) is 16.2. The predicted molar refractivity (Wildman–Crippen MR) is 300 cm³/mol. The van der Waals surface area contributed by atoms with Crippen molar-refractivity contribution in [3.63, 3.8) is 0 Å². The van der Waals surface area contributed by atoms with Crippen molar-refractivity contribution in [3.05, 3.63) is 141 Å². The van der Waals surface area contributed by atoms with Gasteiger partial charge in [0.15, 0.2) is 0 Å². The maximum atomic E-state index is 11.4. The van der Waals surface area contributed by atoms with Gasteiger partial charge in [0, 0.05) is 17.3 Å². The summed E-state index contributed by atoms with van der Waals surface area (Å²) in [6.45, 7) is 26.4. The lowest BCUT2D eigenvalue weighted by atomic mass is 9.70. The van der Waals surface area contributed by atoms with Crippen molar-refractivity contribution < 1.29 is 29.6 Å². The number of benzene rings is 4. The van der Waals surface area contributed by atoms with Crippen LogP contribution in [0.1, 0.15) is 227 Å². The number of hydrogen-bond acceptors (Lipinski definition) is 6. The molecule has 390 valence electrons. The van der Waals surface area contributed by atoms with Gasteiger partial charge in [0.05, 0.1) is 11.2 Å². The number of phenolic OH excluding ortho intramolecular Hbond substituents is 1. The second kappa shape index (κ2) is 28.0. The molecule has 1 aliphatic rings. The molecular weight excluding hydrogens is 877 g/mol. The van der Waals surface area contributed by atoms with Crippen molar-refractivity contribution in [3.8, 4) is 11.5 Å². The first-order chi connectivity index (χ1) is 33.9. The molecule has 1 aliphatic heterocycles. The van der Waals surface area contributed by atoms with Gasteiger partial charge in [0.2, 0.25) is 0 Å². The molecule has 0 saturated carbocycles. The highest BCUT2D eigenvalue weighted by molar-refractivity contribution is 5.71. The van der Waals surface area contributed by atoms with Gasteiger partial charge in [-0.1, -0.05) is 192 Å². The van der Waals surface area contributed by atoms with Gasteiger partial charge in [-0.3, -0.25) is 4.79 Å². The Balaban J connectivity index is 0.000000315. The fraction of sp³-hybridized carbons (Fsp3) is 0.554. The van der Waals surface area contributed by atoms with Crippen LogP contribution in [0.5, 0.6) is 11.5 Å². The minimum atomic E-state index is -0.740. The van der Waals surface area contributed by atoms with E-state index >= 15 is 0 Å². The van der Waals surface area contributed by atoms with Gasteiger partial charge in [-0.15, -0.1) is 0 Å². The fourth-order valence-electron chi connectivity index (χ4n) is 10.7. The van der Waals surface area contributed by atoms with E-state index in [9.17, 15) is 20.1 Å². The monoisotopic (exact) mass is 971 g/mol. The number of rotatable bonds is 27. The standard InChI is InChI=1S/C35H50O4.C30H44O2/c1-7-11-12-13-21-34(37,8-2)22-20-28-14-15-29(23-26(28)5)35(9-3,10-4)30-16-18-32(27(6)24-30)38-25-31-17-19-33(36)39-31;1-7-11-12-13-19-29(32,8-2)20-18-25-14-15-26(21-23(25)5)30(9-3,10-4)27-16-17-28(31)24(6)22-27/h14-16,18,20,22-24,31,37H,7-13,17,19,21,25H2,1-6H3;14-18,20-22,31-32H,7-13,19H2,1-6H3/b22-20+;20-18+/t31-,34?;/m0./s1. The number of cyclic esters (lactones) is 1. The van der Waals surface area contributed by atoms with E-state index in [-0.39, 0.29) is 22.9 Å². The summed E-state index contributed by atoms with van der Waals surface area (Å²) in [5.41, 5.74) is 10.3. The Labute approximate surface area is 431 Å². The van der Waals surface area contributed by atoms with E-state index in [2.05, 4.69) is 155 Å². The number of aryl methyl sites for hydroxylation is 4. The summed E-state index contributed by atoms with van der Waals surface area (Å²) in [6, 6.07) is 26.1. The Morgan fingerprint density at radius 3 is 1.34 bits per heavy atom. The van der Waals surface area contributed by atoms with E-state index in [4.69, 9.17) is 9.47 Å². The Kier molecular flexibility index (Phi) is 23.2. The molecule has 4 aromatic carbocycles. The van der Waals surface area contributed by atoms with E-state index in [1.165, 1.54) is 71.9 Å². The van der Waals surface area contributed by atoms with E-state index in [1.54, 1.807) is 0 Å². The van der Waals surface area contributed by atoms with E-state index in [0.717, 1.165) is 98.6 Å². The van der Waals surface area contributed by atoms with E-state index in [1.807, 2.05) is 25.1 Å². The van der Waals surface area contributed by atoms with Gasteiger partial charge in [0.1, 0.15) is 24.2 Å². The molecular formula is C65H94O6. The molecule has 0 amide bonds. The Bertz CT molecular complexity index is 2330. The predicted octanol–water partition coefficient (Wildman–Crippen LogP) is 16.9. The van der Waals surface area contributed by atoms with Crippen LogP contribution >= 0.6 is 0 Å². The molecule has 1 fully saturated rings. The fourth-order valence-corrected chi connectivity index (χ4v) is 10.7. The summed E-state index contributed by atoms with van der Waals surface area (Å²) in [6.07, 6.45) is 25.8. The number of carbonyl (C=O) groups is 1. The van der Waals surface area contributed by atoms with Crippen LogP contribution < -0.4 is 4.74 Å². The number of hydrogen-bond donors (Lipinski definition) is 3. The highest BCUT2D eigenvalue weighted by atomic mass is 16.6. The van der Waals surface area contributed by atoms with Crippen LogP contribution in [0.2, 0.25) is 0 Å². The zero-order chi connectivity index (χ0) is 52.2. The number of esters is 1. The van der Waals surface area contributed by atoms with Gasteiger partial charge in [-0.2, -0.15) is 0 Å². The SMILES string of the molecule is CCCCCCC(O)(/C=C/c1ccc(C(CC)(CC)c2ccc(O)c(C)c2)cc1C)CC.CCCCCCC(O)(/C=C/c1ccc(C(CC)(CC)c2ccc(OC[C@@H]3CCC(=O)O3)c(C)c2)cc1C)CC. The average molecular weight is 971 g/mol. The molecule has 2 unspecified atom stereocenters. The number of ether oxygens (including phenoxy) is 2. The molecule has 0 spiro atoms. The van der Waals surface area contributed by atoms with Gasteiger partial charge < -0.3 is 24.8 Å². The third kappa shape index (κ3) is 15.7. The first-order valence-corrected chi connectivity index (χ1v) is 27.7. The number of phenols is 1. The Morgan fingerprint density at radius 1 is 0.549 bits per heavy atom. The normalized spacial score (nSPS) is 15.9. The molecule has 5 rings (SSSR count). The molecule has 0 aliphatic carbocycles. The molecule has 0 bridgehead atoms. The average Bonchev–Trinajstić information content (AvgIpc) is 3.80.